The summed E-state index contributed by atoms with van der Waals surface area (Å²) in [6, 6.07) is 4.87. The van der Waals surface area contributed by atoms with Crippen LogP contribution in [-0.2, 0) is 4.79 Å². The van der Waals surface area contributed by atoms with Crippen molar-refractivity contribution < 1.29 is 13.9 Å². The van der Waals surface area contributed by atoms with E-state index in [-0.39, 0.29) is 18.3 Å². The van der Waals surface area contributed by atoms with Crippen molar-refractivity contribution in [3.8, 4) is 5.75 Å². The SMILES string of the molecule is Cc1cccc(OCC(=O)NCCC(C)C)c1F. The van der Waals surface area contributed by atoms with Crippen molar-refractivity contribution in [2.45, 2.75) is 27.2 Å². The number of rotatable bonds is 6. The van der Waals surface area contributed by atoms with E-state index in [0.29, 0.717) is 18.0 Å². The fourth-order valence-electron chi connectivity index (χ4n) is 1.43. The van der Waals surface area contributed by atoms with Gasteiger partial charge in [0, 0.05) is 6.54 Å². The van der Waals surface area contributed by atoms with Crippen LogP contribution in [0.3, 0.4) is 0 Å². The fourth-order valence-corrected chi connectivity index (χ4v) is 1.43. The van der Waals surface area contributed by atoms with Gasteiger partial charge in [0.2, 0.25) is 0 Å². The van der Waals surface area contributed by atoms with Crippen LogP contribution in [-0.4, -0.2) is 19.1 Å². The van der Waals surface area contributed by atoms with Gasteiger partial charge >= 0.3 is 0 Å². The van der Waals surface area contributed by atoms with Crippen LogP contribution >= 0.6 is 0 Å². The van der Waals surface area contributed by atoms with Crippen LogP contribution < -0.4 is 10.1 Å². The second-order valence-electron chi connectivity index (χ2n) is 4.71. The molecule has 0 aliphatic heterocycles. The Hall–Kier alpha value is -1.58. The first-order valence-corrected chi connectivity index (χ1v) is 6.15. The van der Waals surface area contributed by atoms with Crippen molar-refractivity contribution in [3.05, 3.63) is 29.6 Å². The van der Waals surface area contributed by atoms with Crippen molar-refractivity contribution in [2.24, 2.45) is 5.92 Å². The minimum atomic E-state index is -0.410. The molecule has 0 bridgehead atoms. The van der Waals surface area contributed by atoms with Crippen LogP contribution in [0.5, 0.6) is 5.75 Å². The maximum absolute atomic E-state index is 13.6. The van der Waals surface area contributed by atoms with Crippen molar-refractivity contribution in [3.63, 3.8) is 0 Å². The fraction of sp³-hybridized carbons (Fsp3) is 0.500. The Morgan fingerprint density at radius 2 is 2.17 bits per heavy atom. The molecule has 4 heteroatoms. The van der Waals surface area contributed by atoms with Gasteiger partial charge in [-0.15, -0.1) is 0 Å². The second-order valence-corrected chi connectivity index (χ2v) is 4.71. The number of hydrogen-bond donors (Lipinski definition) is 1. The zero-order valence-corrected chi connectivity index (χ0v) is 11.1. The quantitative estimate of drug-likeness (QED) is 0.846. The van der Waals surface area contributed by atoms with Gasteiger partial charge < -0.3 is 10.1 Å². The number of amides is 1. The Labute approximate surface area is 107 Å². The molecule has 0 aliphatic carbocycles. The van der Waals surface area contributed by atoms with Gasteiger partial charge in [-0.05, 0) is 30.9 Å². The number of hydrogen-bond acceptors (Lipinski definition) is 2. The van der Waals surface area contributed by atoms with E-state index >= 15 is 0 Å². The zero-order chi connectivity index (χ0) is 13.5. The average Bonchev–Trinajstić information content (AvgIpc) is 2.30. The van der Waals surface area contributed by atoms with E-state index in [0.717, 1.165) is 6.42 Å². The summed E-state index contributed by atoms with van der Waals surface area (Å²) >= 11 is 0. The van der Waals surface area contributed by atoms with Crippen LogP contribution in [0, 0.1) is 18.7 Å². The van der Waals surface area contributed by atoms with Gasteiger partial charge in [0.05, 0.1) is 0 Å². The Bertz CT molecular complexity index is 405. The molecule has 3 nitrogen and oxygen atoms in total. The zero-order valence-electron chi connectivity index (χ0n) is 11.1. The molecule has 0 atom stereocenters. The summed E-state index contributed by atoms with van der Waals surface area (Å²) in [5, 5.41) is 2.73. The molecule has 18 heavy (non-hydrogen) atoms. The molecule has 0 aromatic heterocycles. The molecule has 0 heterocycles. The Morgan fingerprint density at radius 1 is 1.44 bits per heavy atom. The number of carbonyl (C=O) groups is 1. The predicted octanol–water partition coefficient (Wildman–Crippen LogP) is 2.68. The van der Waals surface area contributed by atoms with E-state index < -0.39 is 5.82 Å². The number of halogens is 1. The minimum absolute atomic E-state index is 0.119. The molecule has 1 aromatic carbocycles. The predicted molar refractivity (Wildman–Crippen MR) is 69.1 cm³/mol. The largest absolute Gasteiger partial charge is 0.481 e. The van der Waals surface area contributed by atoms with Crippen LogP contribution in [0.4, 0.5) is 4.39 Å². The lowest BCUT2D eigenvalue weighted by Crippen LogP contribution is -2.30. The molecule has 1 rings (SSSR count). The van der Waals surface area contributed by atoms with Gasteiger partial charge in [0.25, 0.3) is 5.91 Å². The normalized spacial score (nSPS) is 10.5. The van der Waals surface area contributed by atoms with Gasteiger partial charge in [-0.25, -0.2) is 4.39 Å². The lowest BCUT2D eigenvalue weighted by Gasteiger charge is -2.10. The Balaban J connectivity index is 2.36. The Kier molecular flexibility index (Phi) is 5.62. The molecule has 0 saturated carbocycles. The molecule has 0 aliphatic rings. The number of benzene rings is 1. The number of carbonyl (C=O) groups excluding carboxylic acids is 1. The lowest BCUT2D eigenvalue weighted by molar-refractivity contribution is -0.123. The van der Waals surface area contributed by atoms with E-state index in [1.807, 2.05) is 0 Å². The molecule has 0 spiro atoms. The van der Waals surface area contributed by atoms with E-state index in [1.54, 1.807) is 19.1 Å². The van der Waals surface area contributed by atoms with Crippen LogP contribution in [0.15, 0.2) is 18.2 Å². The minimum Gasteiger partial charge on any atom is -0.481 e. The maximum Gasteiger partial charge on any atom is 0.257 e. The molecular weight excluding hydrogens is 233 g/mol. The number of nitrogens with one attached hydrogen (secondary N) is 1. The first kappa shape index (κ1) is 14.5. The summed E-state index contributed by atoms with van der Waals surface area (Å²) in [6.07, 6.45) is 0.921. The molecule has 0 unspecified atom stereocenters. The molecule has 0 radical (unpaired) electrons. The first-order valence-electron chi connectivity index (χ1n) is 6.15. The van der Waals surface area contributed by atoms with Crippen LogP contribution in [0.25, 0.3) is 0 Å². The summed E-state index contributed by atoms with van der Waals surface area (Å²) in [5.74, 6) is 0.0264. The lowest BCUT2D eigenvalue weighted by atomic mass is 10.1. The van der Waals surface area contributed by atoms with Crippen molar-refractivity contribution in [2.75, 3.05) is 13.2 Å². The van der Waals surface area contributed by atoms with Gasteiger partial charge in [-0.3, -0.25) is 4.79 Å². The molecule has 1 N–H and O–H groups in total. The molecule has 1 aromatic rings. The average molecular weight is 253 g/mol. The topological polar surface area (TPSA) is 38.3 Å². The van der Waals surface area contributed by atoms with Gasteiger partial charge in [-0.1, -0.05) is 26.0 Å². The Morgan fingerprint density at radius 3 is 2.83 bits per heavy atom. The third-order valence-electron chi connectivity index (χ3n) is 2.56. The summed E-state index contributed by atoms with van der Waals surface area (Å²) in [5.41, 5.74) is 0.507. The van der Waals surface area contributed by atoms with E-state index in [4.69, 9.17) is 4.74 Å². The van der Waals surface area contributed by atoms with Crippen molar-refractivity contribution >= 4 is 5.91 Å². The molecule has 100 valence electrons. The van der Waals surface area contributed by atoms with E-state index in [1.165, 1.54) is 6.07 Å². The molecular formula is C14H20FNO2. The molecule has 0 fully saturated rings. The van der Waals surface area contributed by atoms with Crippen molar-refractivity contribution in [1.82, 2.24) is 5.32 Å². The maximum atomic E-state index is 13.6. The third kappa shape index (κ3) is 4.73. The highest BCUT2D eigenvalue weighted by Gasteiger charge is 2.08. The highest BCUT2D eigenvalue weighted by atomic mass is 19.1. The smallest absolute Gasteiger partial charge is 0.257 e. The van der Waals surface area contributed by atoms with Crippen molar-refractivity contribution in [1.29, 1.82) is 0 Å². The third-order valence-corrected chi connectivity index (χ3v) is 2.56. The van der Waals surface area contributed by atoms with Gasteiger partial charge in [0.1, 0.15) is 0 Å². The summed E-state index contributed by atoms with van der Waals surface area (Å²) in [4.78, 5) is 11.4. The van der Waals surface area contributed by atoms with E-state index in [2.05, 4.69) is 19.2 Å². The second kappa shape index (κ2) is 6.99. The molecule has 0 saturated heterocycles. The summed E-state index contributed by atoms with van der Waals surface area (Å²) in [6.45, 7) is 6.30. The number of ether oxygens (including phenoxy) is 1. The summed E-state index contributed by atoms with van der Waals surface area (Å²) in [7, 11) is 0. The van der Waals surface area contributed by atoms with Crippen LogP contribution in [0.1, 0.15) is 25.8 Å². The summed E-state index contributed by atoms with van der Waals surface area (Å²) < 4.78 is 18.7. The molecule has 1 amide bonds. The van der Waals surface area contributed by atoms with Gasteiger partial charge in [-0.2, -0.15) is 0 Å². The monoisotopic (exact) mass is 253 g/mol. The highest BCUT2D eigenvalue weighted by molar-refractivity contribution is 5.77. The number of aryl methyl sites for hydroxylation is 1. The first-order chi connectivity index (χ1) is 8.50. The standard InChI is InChI=1S/C14H20FNO2/c1-10(2)7-8-16-13(17)9-18-12-6-4-5-11(3)14(12)15/h4-6,10H,7-9H2,1-3H3,(H,16,17). The van der Waals surface area contributed by atoms with Crippen LogP contribution in [0.2, 0.25) is 0 Å². The van der Waals surface area contributed by atoms with E-state index in [9.17, 15) is 9.18 Å². The highest BCUT2D eigenvalue weighted by Crippen LogP contribution is 2.19. The van der Waals surface area contributed by atoms with Gasteiger partial charge in [0.15, 0.2) is 18.2 Å².